The van der Waals surface area contributed by atoms with Crippen molar-refractivity contribution in [1.82, 2.24) is 5.32 Å². The molecular weight excluding hydrogens is 184 g/mol. The van der Waals surface area contributed by atoms with Crippen LogP contribution >= 0.6 is 0 Å². The first-order chi connectivity index (χ1) is 6.49. The van der Waals surface area contributed by atoms with Gasteiger partial charge in [0.05, 0.1) is 0 Å². The lowest BCUT2D eigenvalue weighted by molar-refractivity contribution is -0.0464. The molecule has 0 aliphatic heterocycles. The highest BCUT2D eigenvalue weighted by Gasteiger charge is 2.34. The van der Waals surface area contributed by atoms with Crippen molar-refractivity contribution in [3.8, 4) is 0 Å². The molecule has 1 aliphatic rings. The van der Waals surface area contributed by atoms with E-state index in [0.29, 0.717) is 24.8 Å². The van der Waals surface area contributed by atoms with Gasteiger partial charge >= 0.3 is 0 Å². The molecule has 0 atom stereocenters. The van der Waals surface area contributed by atoms with Crippen LogP contribution < -0.4 is 5.32 Å². The molecule has 0 aromatic rings. The zero-order valence-electron chi connectivity index (χ0n) is 9.15. The molecule has 0 aromatic carbocycles. The third-order valence-corrected chi connectivity index (χ3v) is 2.94. The van der Waals surface area contributed by atoms with Crippen molar-refractivity contribution >= 4 is 0 Å². The molecule has 1 N–H and O–H groups in total. The van der Waals surface area contributed by atoms with Crippen molar-refractivity contribution in [3.63, 3.8) is 0 Å². The molecule has 0 radical (unpaired) electrons. The van der Waals surface area contributed by atoms with Gasteiger partial charge in [-0.05, 0) is 31.7 Å². The Kier molecular flexibility index (Phi) is 4.30. The fourth-order valence-electron chi connectivity index (χ4n) is 1.96. The summed E-state index contributed by atoms with van der Waals surface area (Å²) in [6.45, 7) is 5.18. The van der Waals surface area contributed by atoms with E-state index in [0.717, 1.165) is 13.0 Å². The monoisotopic (exact) mass is 207 g/mol. The molecule has 3 heteroatoms. The molecule has 0 bridgehead atoms. The van der Waals surface area contributed by atoms with E-state index >= 15 is 0 Å². The van der Waals surface area contributed by atoms with Gasteiger partial charge in [-0.25, -0.2) is 8.78 Å². The maximum Gasteiger partial charge on any atom is 0.248 e. The van der Waals surface area contributed by atoms with E-state index in [1.165, 1.54) is 0 Å². The minimum atomic E-state index is -2.37. The van der Waals surface area contributed by atoms with Gasteiger partial charge in [-0.3, -0.25) is 0 Å². The second-order valence-corrected chi connectivity index (χ2v) is 4.70. The van der Waals surface area contributed by atoms with Crippen molar-refractivity contribution < 1.29 is 10.2 Å². The maximum absolute atomic E-state index is 12.8. The average molecular weight is 207 g/mol. The summed E-state index contributed by atoms with van der Waals surface area (Å²) in [5.41, 5.74) is 0. The van der Waals surface area contributed by atoms with Crippen LogP contribution in [0.5, 0.6) is 0 Å². The summed E-state index contributed by atoms with van der Waals surface area (Å²) in [6.07, 6.45) is 2.65. The van der Waals surface area contributed by atoms with Gasteiger partial charge in [-0.15, -0.1) is 0 Å². The lowest BCUT2D eigenvalue weighted by Gasteiger charge is -2.28. The SMILES string of the molecule is CC(C)NCCC1CCC(F)(F)CC1.[HH]. The van der Waals surface area contributed by atoms with E-state index in [1.807, 2.05) is 0 Å². The Morgan fingerprint density at radius 2 is 1.93 bits per heavy atom. The normalized spacial score (nSPS) is 22.9. The Labute approximate surface area is 86.7 Å². The Morgan fingerprint density at radius 3 is 2.43 bits per heavy atom. The van der Waals surface area contributed by atoms with Crippen molar-refractivity contribution in [3.05, 3.63) is 0 Å². The Bertz CT molecular complexity index is 164. The van der Waals surface area contributed by atoms with Gasteiger partial charge < -0.3 is 5.32 Å². The number of nitrogens with one attached hydrogen (secondary N) is 1. The lowest BCUT2D eigenvalue weighted by atomic mass is 9.85. The van der Waals surface area contributed by atoms with Crippen LogP contribution in [0.1, 0.15) is 47.4 Å². The van der Waals surface area contributed by atoms with Gasteiger partial charge in [0, 0.05) is 20.3 Å². The highest BCUT2D eigenvalue weighted by molar-refractivity contribution is 4.77. The predicted octanol–water partition coefficient (Wildman–Crippen LogP) is 3.45. The summed E-state index contributed by atoms with van der Waals surface area (Å²) in [7, 11) is 0. The Morgan fingerprint density at radius 1 is 1.36 bits per heavy atom. The van der Waals surface area contributed by atoms with Gasteiger partial charge in [0.2, 0.25) is 5.92 Å². The molecule has 0 aromatic heterocycles. The molecular formula is C11H23F2N. The van der Waals surface area contributed by atoms with E-state index in [1.54, 1.807) is 0 Å². The predicted molar refractivity (Wildman–Crippen MR) is 56.8 cm³/mol. The van der Waals surface area contributed by atoms with E-state index in [2.05, 4.69) is 19.2 Å². The fourth-order valence-corrected chi connectivity index (χ4v) is 1.96. The molecule has 1 aliphatic carbocycles. The van der Waals surface area contributed by atoms with E-state index in [-0.39, 0.29) is 14.3 Å². The molecule has 1 saturated carbocycles. The van der Waals surface area contributed by atoms with E-state index < -0.39 is 5.92 Å². The molecule has 0 saturated heterocycles. The second-order valence-electron chi connectivity index (χ2n) is 4.70. The van der Waals surface area contributed by atoms with Crippen LogP contribution in [0.15, 0.2) is 0 Å². The molecule has 1 fully saturated rings. The maximum atomic E-state index is 12.8. The topological polar surface area (TPSA) is 12.0 Å². The van der Waals surface area contributed by atoms with Crippen LogP contribution in [-0.2, 0) is 0 Å². The van der Waals surface area contributed by atoms with Crippen molar-refractivity contribution in [1.29, 1.82) is 0 Å². The summed E-state index contributed by atoms with van der Waals surface area (Å²) in [5.74, 6) is -1.86. The summed E-state index contributed by atoms with van der Waals surface area (Å²) in [4.78, 5) is 0. The van der Waals surface area contributed by atoms with Crippen LogP contribution in [0.2, 0.25) is 0 Å². The minimum Gasteiger partial charge on any atom is -0.315 e. The molecule has 1 nitrogen and oxygen atoms in total. The largest absolute Gasteiger partial charge is 0.315 e. The average Bonchev–Trinajstić information content (AvgIpc) is 2.07. The van der Waals surface area contributed by atoms with E-state index in [9.17, 15) is 8.78 Å². The fraction of sp³-hybridized carbons (Fsp3) is 1.00. The van der Waals surface area contributed by atoms with Crippen molar-refractivity contribution in [2.75, 3.05) is 6.54 Å². The first-order valence-corrected chi connectivity index (χ1v) is 5.61. The smallest absolute Gasteiger partial charge is 0.248 e. The van der Waals surface area contributed by atoms with Crippen LogP contribution in [-0.4, -0.2) is 18.5 Å². The zero-order valence-corrected chi connectivity index (χ0v) is 9.15. The number of rotatable bonds is 4. The number of hydrogen-bond donors (Lipinski definition) is 1. The van der Waals surface area contributed by atoms with Crippen LogP contribution in [0.25, 0.3) is 0 Å². The second kappa shape index (κ2) is 5.06. The summed E-state index contributed by atoms with van der Waals surface area (Å²) in [5, 5.41) is 3.33. The quantitative estimate of drug-likeness (QED) is 0.744. The highest BCUT2D eigenvalue weighted by Crippen LogP contribution is 2.37. The molecule has 0 heterocycles. The van der Waals surface area contributed by atoms with Gasteiger partial charge in [-0.1, -0.05) is 13.8 Å². The molecule has 1 rings (SSSR count). The number of alkyl halides is 2. The van der Waals surface area contributed by atoms with Gasteiger partial charge in [0.1, 0.15) is 0 Å². The molecule has 86 valence electrons. The van der Waals surface area contributed by atoms with Crippen LogP contribution in [0.3, 0.4) is 0 Å². The number of hydrogen-bond acceptors (Lipinski definition) is 1. The van der Waals surface area contributed by atoms with Gasteiger partial charge in [0.15, 0.2) is 0 Å². The first-order valence-electron chi connectivity index (χ1n) is 5.61. The third kappa shape index (κ3) is 4.36. The highest BCUT2D eigenvalue weighted by atomic mass is 19.3. The van der Waals surface area contributed by atoms with E-state index in [4.69, 9.17) is 0 Å². The Hall–Kier alpha value is -0.180. The van der Waals surface area contributed by atoms with Gasteiger partial charge in [-0.2, -0.15) is 0 Å². The molecule has 0 unspecified atom stereocenters. The zero-order chi connectivity index (χ0) is 10.6. The van der Waals surface area contributed by atoms with Crippen LogP contribution in [0.4, 0.5) is 8.78 Å². The van der Waals surface area contributed by atoms with Gasteiger partial charge in [0.25, 0.3) is 0 Å². The third-order valence-electron chi connectivity index (χ3n) is 2.94. The van der Waals surface area contributed by atoms with Crippen LogP contribution in [0, 0.1) is 5.92 Å². The Balaban J connectivity index is 0.00000196. The standard InChI is InChI=1S/C11H21F2N.H2/c1-9(2)14-8-5-10-3-6-11(12,13)7-4-10;/h9-10,14H,3-8H2,1-2H3;1H. The summed E-state index contributed by atoms with van der Waals surface area (Å²) >= 11 is 0. The molecule has 14 heavy (non-hydrogen) atoms. The molecule has 0 spiro atoms. The summed E-state index contributed by atoms with van der Waals surface area (Å²) in [6, 6.07) is 0.500. The van der Waals surface area contributed by atoms with Crippen molar-refractivity contribution in [2.24, 2.45) is 5.92 Å². The number of halogens is 2. The molecule has 0 amide bonds. The van der Waals surface area contributed by atoms with Crippen molar-refractivity contribution in [2.45, 2.75) is 57.9 Å². The lowest BCUT2D eigenvalue weighted by Crippen LogP contribution is -2.29. The first kappa shape index (κ1) is 11.9. The minimum absolute atomic E-state index is 0. The summed E-state index contributed by atoms with van der Waals surface area (Å²) < 4.78 is 25.6.